The van der Waals surface area contributed by atoms with Crippen LogP contribution in [-0.2, 0) is 9.47 Å². The molecule has 0 bridgehead atoms. The Labute approximate surface area is 95.2 Å². The Bertz CT molecular complexity index is 351. The van der Waals surface area contributed by atoms with Crippen molar-refractivity contribution >= 4 is 5.82 Å². The lowest BCUT2D eigenvalue weighted by molar-refractivity contribution is -0.0819. The van der Waals surface area contributed by atoms with Crippen molar-refractivity contribution in [3.8, 4) is 0 Å². The third kappa shape index (κ3) is 2.90. The summed E-state index contributed by atoms with van der Waals surface area (Å²) in [6.07, 6.45) is 1.87. The lowest BCUT2D eigenvalue weighted by Gasteiger charge is -2.23. The summed E-state index contributed by atoms with van der Waals surface area (Å²) in [6.45, 7) is 6.58. The maximum atomic E-state index is 5.53. The summed E-state index contributed by atoms with van der Waals surface area (Å²) in [5, 5.41) is 3.24. The highest BCUT2D eigenvalue weighted by molar-refractivity contribution is 5.39. The van der Waals surface area contributed by atoms with Gasteiger partial charge < -0.3 is 14.8 Å². The number of nitrogens with one attached hydrogen (secondary N) is 1. The Hall–Kier alpha value is -1.20. The van der Waals surface area contributed by atoms with Crippen LogP contribution in [0.5, 0.6) is 0 Å². The highest BCUT2D eigenvalue weighted by Gasteiger charge is 2.14. The number of anilines is 1. The first-order valence-corrected chi connectivity index (χ1v) is 5.49. The summed E-state index contributed by atoms with van der Waals surface area (Å²) < 4.78 is 10.9. The van der Waals surface area contributed by atoms with Gasteiger partial charge in [0.05, 0.1) is 37.3 Å². The van der Waals surface area contributed by atoms with Crippen LogP contribution in [0.3, 0.4) is 0 Å². The Morgan fingerprint density at radius 2 is 2.31 bits per heavy atom. The summed E-state index contributed by atoms with van der Waals surface area (Å²) in [6, 6.07) is 0. The number of aryl methyl sites for hydroxylation is 2. The average Bonchev–Trinajstić information content (AvgIpc) is 2.32. The second kappa shape index (κ2) is 5.23. The van der Waals surface area contributed by atoms with E-state index >= 15 is 0 Å². The highest BCUT2D eigenvalue weighted by Crippen LogP contribution is 2.09. The SMILES string of the molecule is Cc1cnc(C)c(NCC2COCCO2)n1. The first-order valence-electron chi connectivity index (χ1n) is 5.49. The lowest BCUT2D eigenvalue weighted by Crippen LogP contribution is -2.34. The molecule has 5 heteroatoms. The van der Waals surface area contributed by atoms with Crippen molar-refractivity contribution in [1.82, 2.24) is 9.97 Å². The molecule has 16 heavy (non-hydrogen) atoms. The maximum Gasteiger partial charge on any atom is 0.147 e. The minimum atomic E-state index is 0.107. The molecule has 0 amide bonds. The zero-order valence-corrected chi connectivity index (χ0v) is 9.69. The number of aromatic nitrogens is 2. The van der Waals surface area contributed by atoms with E-state index in [2.05, 4.69) is 15.3 Å². The Kier molecular flexibility index (Phi) is 3.69. The third-order valence-corrected chi connectivity index (χ3v) is 2.46. The van der Waals surface area contributed by atoms with Crippen molar-refractivity contribution in [3.63, 3.8) is 0 Å². The van der Waals surface area contributed by atoms with E-state index in [4.69, 9.17) is 9.47 Å². The molecule has 1 unspecified atom stereocenters. The highest BCUT2D eigenvalue weighted by atomic mass is 16.6. The fourth-order valence-electron chi connectivity index (χ4n) is 1.57. The van der Waals surface area contributed by atoms with Crippen molar-refractivity contribution in [1.29, 1.82) is 0 Å². The standard InChI is InChI=1S/C11H17N3O2/c1-8-5-12-9(2)11(14-8)13-6-10-7-15-3-4-16-10/h5,10H,3-4,6-7H2,1-2H3,(H,13,14). The van der Waals surface area contributed by atoms with Crippen molar-refractivity contribution in [2.24, 2.45) is 0 Å². The molecule has 0 spiro atoms. The Balaban J connectivity index is 1.90. The first-order chi connectivity index (χ1) is 7.75. The molecule has 2 heterocycles. The summed E-state index contributed by atoms with van der Waals surface area (Å²) in [7, 11) is 0. The summed E-state index contributed by atoms with van der Waals surface area (Å²) in [5.74, 6) is 0.828. The van der Waals surface area contributed by atoms with Gasteiger partial charge in [-0.3, -0.25) is 4.98 Å². The van der Waals surface area contributed by atoms with E-state index in [1.54, 1.807) is 6.20 Å². The van der Waals surface area contributed by atoms with Crippen LogP contribution in [0.15, 0.2) is 6.20 Å². The van der Waals surface area contributed by atoms with Crippen molar-refractivity contribution in [2.45, 2.75) is 20.0 Å². The molecule has 1 aliphatic heterocycles. The van der Waals surface area contributed by atoms with Crippen molar-refractivity contribution in [2.75, 3.05) is 31.7 Å². The van der Waals surface area contributed by atoms with Crippen LogP contribution in [0.1, 0.15) is 11.4 Å². The fourth-order valence-corrected chi connectivity index (χ4v) is 1.57. The number of nitrogens with zero attached hydrogens (tertiary/aromatic N) is 2. The second-order valence-corrected chi connectivity index (χ2v) is 3.89. The molecule has 88 valence electrons. The monoisotopic (exact) mass is 223 g/mol. The first kappa shape index (κ1) is 11.3. The minimum absolute atomic E-state index is 0.107. The van der Waals surface area contributed by atoms with Gasteiger partial charge in [-0.25, -0.2) is 4.98 Å². The molecule has 5 nitrogen and oxygen atoms in total. The van der Waals surface area contributed by atoms with Gasteiger partial charge in [0.25, 0.3) is 0 Å². The van der Waals surface area contributed by atoms with E-state index in [0.717, 1.165) is 17.2 Å². The van der Waals surface area contributed by atoms with Crippen LogP contribution in [0.25, 0.3) is 0 Å². The predicted molar refractivity (Wildman–Crippen MR) is 60.6 cm³/mol. The van der Waals surface area contributed by atoms with Gasteiger partial charge in [-0.1, -0.05) is 0 Å². The lowest BCUT2D eigenvalue weighted by atomic mass is 10.3. The van der Waals surface area contributed by atoms with Crippen LogP contribution in [0.2, 0.25) is 0 Å². The molecule has 1 saturated heterocycles. The molecular weight excluding hydrogens is 206 g/mol. The number of hydrogen-bond acceptors (Lipinski definition) is 5. The van der Waals surface area contributed by atoms with E-state index in [0.29, 0.717) is 26.4 Å². The second-order valence-electron chi connectivity index (χ2n) is 3.89. The zero-order valence-electron chi connectivity index (χ0n) is 9.69. The van der Waals surface area contributed by atoms with E-state index < -0.39 is 0 Å². The largest absolute Gasteiger partial charge is 0.376 e. The zero-order chi connectivity index (χ0) is 11.4. The van der Waals surface area contributed by atoms with Gasteiger partial charge in [-0.05, 0) is 13.8 Å². The number of ether oxygens (including phenoxy) is 2. The van der Waals surface area contributed by atoms with Gasteiger partial charge >= 0.3 is 0 Å². The molecular formula is C11H17N3O2. The predicted octanol–water partition coefficient (Wildman–Crippen LogP) is 0.921. The minimum Gasteiger partial charge on any atom is -0.376 e. The molecule has 1 aliphatic rings. The molecule has 0 aliphatic carbocycles. The average molecular weight is 223 g/mol. The third-order valence-electron chi connectivity index (χ3n) is 2.46. The number of rotatable bonds is 3. The molecule has 0 radical (unpaired) electrons. The van der Waals surface area contributed by atoms with Gasteiger partial charge in [0.2, 0.25) is 0 Å². The maximum absolute atomic E-state index is 5.53. The van der Waals surface area contributed by atoms with Gasteiger partial charge in [-0.2, -0.15) is 0 Å². The number of hydrogen-bond donors (Lipinski definition) is 1. The molecule has 0 aromatic carbocycles. The van der Waals surface area contributed by atoms with E-state index in [-0.39, 0.29) is 6.10 Å². The summed E-state index contributed by atoms with van der Waals surface area (Å²) in [5.41, 5.74) is 1.82. The molecule has 1 atom stereocenters. The van der Waals surface area contributed by atoms with E-state index in [1.165, 1.54) is 0 Å². The van der Waals surface area contributed by atoms with Crippen molar-refractivity contribution in [3.05, 3.63) is 17.6 Å². The van der Waals surface area contributed by atoms with Crippen LogP contribution >= 0.6 is 0 Å². The smallest absolute Gasteiger partial charge is 0.147 e. The quantitative estimate of drug-likeness (QED) is 0.825. The Morgan fingerprint density at radius 1 is 1.44 bits per heavy atom. The summed E-state index contributed by atoms with van der Waals surface area (Å²) in [4.78, 5) is 8.63. The van der Waals surface area contributed by atoms with Gasteiger partial charge in [-0.15, -0.1) is 0 Å². The Morgan fingerprint density at radius 3 is 3.06 bits per heavy atom. The topological polar surface area (TPSA) is 56.3 Å². The van der Waals surface area contributed by atoms with E-state index in [1.807, 2.05) is 13.8 Å². The molecule has 1 N–H and O–H groups in total. The van der Waals surface area contributed by atoms with Gasteiger partial charge in [0.15, 0.2) is 0 Å². The van der Waals surface area contributed by atoms with Gasteiger partial charge in [0.1, 0.15) is 5.82 Å². The van der Waals surface area contributed by atoms with Crippen LogP contribution in [0, 0.1) is 13.8 Å². The fraction of sp³-hybridized carbons (Fsp3) is 0.636. The molecule has 1 fully saturated rings. The molecule has 2 rings (SSSR count). The van der Waals surface area contributed by atoms with Crippen LogP contribution < -0.4 is 5.32 Å². The molecule has 0 saturated carbocycles. The normalized spacial score (nSPS) is 20.8. The van der Waals surface area contributed by atoms with Crippen molar-refractivity contribution < 1.29 is 9.47 Å². The van der Waals surface area contributed by atoms with E-state index in [9.17, 15) is 0 Å². The van der Waals surface area contributed by atoms with Crippen LogP contribution in [-0.4, -0.2) is 42.4 Å². The summed E-state index contributed by atoms with van der Waals surface area (Å²) >= 11 is 0. The van der Waals surface area contributed by atoms with Crippen LogP contribution in [0.4, 0.5) is 5.82 Å². The molecule has 1 aromatic heterocycles. The van der Waals surface area contributed by atoms with Gasteiger partial charge in [0, 0.05) is 12.7 Å². The molecule has 1 aromatic rings.